The van der Waals surface area contributed by atoms with Crippen molar-refractivity contribution in [2.24, 2.45) is 12.0 Å². The molecule has 0 spiro atoms. The number of fused-ring (bicyclic) bond motifs is 1. The third kappa shape index (κ3) is 3.63. The SMILES string of the molecule is CC1=Nc2cc(-c3ccnc(-c4cn(C)c(=O)n4-c4ccc(C(C)(C)C#N)cc4)c3)cnc2C1. The molecule has 0 aliphatic carbocycles. The molecule has 0 unspecified atom stereocenters. The summed E-state index contributed by atoms with van der Waals surface area (Å²) in [6.45, 7) is 5.75. The fourth-order valence-corrected chi connectivity index (χ4v) is 4.19. The van der Waals surface area contributed by atoms with Gasteiger partial charge in [-0.1, -0.05) is 12.1 Å². The molecule has 0 radical (unpaired) electrons. The van der Waals surface area contributed by atoms with E-state index in [-0.39, 0.29) is 5.69 Å². The third-order valence-corrected chi connectivity index (χ3v) is 6.21. The Bertz CT molecular complexity index is 1550. The Balaban J connectivity index is 1.58. The molecule has 1 aliphatic rings. The van der Waals surface area contributed by atoms with Crippen molar-refractivity contribution in [1.82, 2.24) is 19.1 Å². The van der Waals surface area contributed by atoms with Crippen LogP contribution >= 0.6 is 0 Å². The molecule has 7 heteroatoms. The highest BCUT2D eigenvalue weighted by Gasteiger charge is 2.21. The number of aromatic nitrogens is 4. The lowest BCUT2D eigenvalue weighted by Crippen LogP contribution is -2.21. The zero-order valence-electron chi connectivity index (χ0n) is 19.6. The van der Waals surface area contributed by atoms with E-state index in [0.29, 0.717) is 17.1 Å². The van der Waals surface area contributed by atoms with E-state index in [4.69, 9.17) is 0 Å². The molecule has 168 valence electrons. The van der Waals surface area contributed by atoms with Gasteiger partial charge in [-0.15, -0.1) is 0 Å². The molecule has 0 bridgehead atoms. The van der Waals surface area contributed by atoms with Gasteiger partial charge < -0.3 is 4.57 Å². The highest BCUT2D eigenvalue weighted by molar-refractivity contribution is 5.92. The molecule has 0 saturated carbocycles. The van der Waals surface area contributed by atoms with Crippen molar-refractivity contribution >= 4 is 11.4 Å². The van der Waals surface area contributed by atoms with Crippen LogP contribution in [0.4, 0.5) is 5.69 Å². The van der Waals surface area contributed by atoms with Crippen molar-refractivity contribution in [3.63, 3.8) is 0 Å². The van der Waals surface area contributed by atoms with Crippen molar-refractivity contribution in [3.8, 4) is 34.3 Å². The summed E-state index contributed by atoms with van der Waals surface area (Å²) in [5.41, 5.74) is 7.07. The summed E-state index contributed by atoms with van der Waals surface area (Å²) in [7, 11) is 1.73. The summed E-state index contributed by atoms with van der Waals surface area (Å²) >= 11 is 0. The number of aryl methyl sites for hydroxylation is 1. The van der Waals surface area contributed by atoms with Crippen LogP contribution in [0.15, 0.2) is 70.8 Å². The quantitative estimate of drug-likeness (QED) is 0.451. The van der Waals surface area contributed by atoms with E-state index in [9.17, 15) is 10.1 Å². The van der Waals surface area contributed by atoms with Crippen molar-refractivity contribution in [3.05, 3.63) is 82.8 Å². The summed E-state index contributed by atoms with van der Waals surface area (Å²) in [6.07, 6.45) is 6.18. The van der Waals surface area contributed by atoms with Crippen molar-refractivity contribution in [1.29, 1.82) is 5.26 Å². The summed E-state index contributed by atoms with van der Waals surface area (Å²) in [4.78, 5) is 26.8. The second-order valence-corrected chi connectivity index (χ2v) is 9.17. The van der Waals surface area contributed by atoms with E-state index in [2.05, 4.69) is 21.0 Å². The van der Waals surface area contributed by atoms with E-state index < -0.39 is 5.41 Å². The van der Waals surface area contributed by atoms with Crippen LogP contribution in [-0.2, 0) is 18.9 Å². The second-order valence-electron chi connectivity index (χ2n) is 9.17. The van der Waals surface area contributed by atoms with E-state index in [1.54, 1.807) is 28.6 Å². The summed E-state index contributed by atoms with van der Waals surface area (Å²) in [5.74, 6) is 0. The molecule has 4 heterocycles. The van der Waals surface area contributed by atoms with Crippen molar-refractivity contribution in [2.45, 2.75) is 32.6 Å². The standard InChI is InChI=1S/C27H24N6O/c1-17-11-22-23(31-17)13-19(14-30-22)18-9-10-29-24(12-18)25-15-32(4)26(34)33(25)21-7-5-20(6-8-21)27(2,3)16-28/h5-10,12-15H,11H2,1-4H3. The molecule has 3 aromatic heterocycles. The number of hydrogen-bond donors (Lipinski definition) is 0. The Labute approximate surface area is 197 Å². The first-order valence-corrected chi connectivity index (χ1v) is 11.1. The zero-order valence-corrected chi connectivity index (χ0v) is 19.6. The zero-order chi connectivity index (χ0) is 24.0. The second kappa shape index (κ2) is 7.92. The molecule has 4 aromatic rings. The van der Waals surface area contributed by atoms with Crippen LogP contribution in [0.25, 0.3) is 28.2 Å². The first kappa shape index (κ1) is 21.5. The van der Waals surface area contributed by atoms with Crippen LogP contribution in [0.1, 0.15) is 32.0 Å². The van der Waals surface area contributed by atoms with Gasteiger partial charge in [0.2, 0.25) is 0 Å². The molecule has 5 rings (SSSR count). The van der Waals surface area contributed by atoms with Gasteiger partial charge in [0.05, 0.1) is 39.9 Å². The highest BCUT2D eigenvalue weighted by Crippen LogP contribution is 2.32. The highest BCUT2D eigenvalue weighted by atomic mass is 16.1. The number of nitriles is 1. The van der Waals surface area contributed by atoms with E-state index in [0.717, 1.165) is 40.2 Å². The van der Waals surface area contributed by atoms with Gasteiger partial charge in [0.25, 0.3) is 0 Å². The normalized spacial score (nSPS) is 12.9. The van der Waals surface area contributed by atoms with Crippen molar-refractivity contribution in [2.75, 3.05) is 0 Å². The first-order chi connectivity index (χ1) is 16.3. The molecule has 1 aliphatic heterocycles. The molecular weight excluding hydrogens is 424 g/mol. The van der Waals surface area contributed by atoms with Crippen LogP contribution in [0.3, 0.4) is 0 Å². The monoisotopic (exact) mass is 448 g/mol. The average Bonchev–Trinajstić information content (AvgIpc) is 3.36. The number of rotatable bonds is 4. The minimum absolute atomic E-state index is 0.168. The molecule has 0 atom stereocenters. The lowest BCUT2D eigenvalue weighted by molar-refractivity contribution is 0.686. The smallest absolute Gasteiger partial charge is 0.301 e. The molecule has 0 saturated heterocycles. The molecule has 7 nitrogen and oxygen atoms in total. The predicted octanol–water partition coefficient (Wildman–Crippen LogP) is 4.75. The minimum atomic E-state index is -0.606. The Kier molecular flexibility index (Phi) is 5.02. The van der Waals surface area contributed by atoms with Gasteiger partial charge in [0.15, 0.2) is 0 Å². The fourth-order valence-electron chi connectivity index (χ4n) is 4.19. The number of aliphatic imine (C=N–C) groups is 1. The molecule has 0 N–H and O–H groups in total. The third-order valence-electron chi connectivity index (χ3n) is 6.21. The Hall–Kier alpha value is -4.31. The number of nitrogens with zero attached hydrogens (tertiary/aromatic N) is 6. The molecule has 1 aromatic carbocycles. The molecule has 0 amide bonds. The average molecular weight is 449 g/mol. The Morgan fingerprint density at radius 3 is 2.56 bits per heavy atom. The van der Waals surface area contributed by atoms with Crippen LogP contribution in [0, 0.1) is 11.3 Å². The fraction of sp³-hybridized carbons (Fsp3) is 0.222. The van der Waals surface area contributed by atoms with Crippen LogP contribution < -0.4 is 5.69 Å². The van der Waals surface area contributed by atoms with Gasteiger partial charge in [-0.05, 0) is 62.2 Å². The number of hydrogen-bond acceptors (Lipinski definition) is 5. The largest absolute Gasteiger partial charge is 0.333 e. The van der Waals surface area contributed by atoms with Crippen LogP contribution in [0.5, 0.6) is 0 Å². The van der Waals surface area contributed by atoms with Gasteiger partial charge in [0.1, 0.15) is 0 Å². The molecule has 0 fully saturated rings. The van der Waals surface area contributed by atoms with Gasteiger partial charge in [-0.3, -0.25) is 19.5 Å². The van der Waals surface area contributed by atoms with Gasteiger partial charge in [-0.25, -0.2) is 4.79 Å². The predicted molar refractivity (Wildman–Crippen MR) is 133 cm³/mol. The minimum Gasteiger partial charge on any atom is -0.301 e. The summed E-state index contributed by atoms with van der Waals surface area (Å²) in [6, 6.07) is 15.8. The topological polar surface area (TPSA) is 88.9 Å². The van der Waals surface area contributed by atoms with E-state index in [1.807, 2.05) is 69.4 Å². The molecular formula is C27H24N6O. The maximum atomic E-state index is 13.0. The lowest BCUT2D eigenvalue weighted by atomic mass is 9.86. The maximum Gasteiger partial charge on any atom is 0.333 e. The first-order valence-electron chi connectivity index (χ1n) is 11.1. The van der Waals surface area contributed by atoms with Gasteiger partial charge in [0, 0.05) is 43.3 Å². The molecule has 34 heavy (non-hydrogen) atoms. The summed E-state index contributed by atoms with van der Waals surface area (Å²) < 4.78 is 3.19. The number of pyridine rings is 2. The Morgan fingerprint density at radius 1 is 1.06 bits per heavy atom. The van der Waals surface area contributed by atoms with E-state index in [1.165, 1.54) is 0 Å². The Morgan fingerprint density at radius 2 is 1.82 bits per heavy atom. The summed E-state index contributed by atoms with van der Waals surface area (Å²) in [5, 5.41) is 9.43. The maximum absolute atomic E-state index is 13.0. The van der Waals surface area contributed by atoms with Gasteiger partial charge in [-0.2, -0.15) is 5.26 Å². The number of benzene rings is 1. The van der Waals surface area contributed by atoms with Crippen LogP contribution in [-0.4, -0.2) is 24.8 Å². The number of imidazole rings is 1. The van der Waals surface area contributed by atoms with Crippen LogP contribution in [0.2, 0.25) is 0 Å². The van der Waals surface area contributed by atoms with Gasteiger partial charge >= 0.3 is 5.69 Å². The van der Waals surface area contributed by atoms with Crippen molar-refractivity contribution < 1.29 is 0 Å². The lowest BCUT2D eigenvalue weighted by Gasteiger charge is -2.16. The van der Waals surface area contributed by atoms with E-state index >= 15 is 0 Å².